The van der Waals surface area contributed by atoms with Crippen molar-refractivity contribution in [1.29, 1.82) is 0 Å². The van der Waals surface area contributed by atoms with Crippen LogP contribution < -0.4 is 0 Å². The highest BCUT2D eigenvalue weighted by Crippen LogP contribution is 2.22. The topological polar surface area (TPSA) is 91.8 Å². The first-order chi connectivity index (χ1) is 9.56. The second-order valence-corrected chi connectivity index (χ2v) is 4.22. The monoisotopic (exact) mass is 277 g/mol. The number of benzene rings is 1. The molecule has 0 bridgehead atoms. The molecule has 0 aliphatic heterocycles. The fourth-order valence-electron chi connectivity index (χ4n) is 1.81. The summed E-state index contributed by atoms with van der Waals surface area (Å²) in [6.07, 6.45) is 2.01. The average Bonchev–Trinajstić information content (AvgIpc) is 2.46. The summed E-state index contributed by atoms with van der Waals surface area (Å²) in [5, 5.41) is 9.72. The van der Waals surface area contributed by atoms with Crippen molar-refractivity contribution in [2.45, 2.75) is 18.9 Å². The second kappa shape index (κ2) is 7.18. The van der Waals surface area contributed by atoms with Crippen LogP contribution in [0.3, 0.4) is 0 Å². The number of rotatable bonds is 7. The van der Waals surface area contributed by atoms with Gasteiger partial charge in [0.25, 0.3) is 5.91 Å². The van der Waals surface area contributed by atoms with Crippen LogP contribution in [0.4, 0.5) is 0 Å². The molecule has 20 heavy (non-hydrogen) atoms. The maximum atomic E-state index is 12.3. The fraction of sp³-hybridized carbons (Fsp3) is 0.286. The van der Waals surface area contributed by atoms with Gasteiger partial charge < -0.3 is 19.6 Å². The summed E-state index contributed by atoms with van der Waals surface area (Å²) in [5.41, 5.74) is -0.107. The SMILES string of the molecule is CN(C(=O)c1c(O)cccc1C=O)C(C=O)CCC=O. The van der Waals surface area contributed by atoms with Gasteiger partial charge in [-0.2, -0.15) is 0 Å². The number of carbonyl (C=O) groups is 4. The summed E-state index contributed by atoms with van der Waals surface area (Å²) >= 11 is 0. The van der Waals surface area contributed by atoms with Crippen molar-refractivity contribution >= 4 is 24.8 Å². The van der Waals surface area contributed by atoms with E-state index in [-0.39, 0.29) is 29.7 Å². The maximum Gasteiger partial charge on any atom is 0.258 e. The number of aromatic hydroxyl groups is 1. The number of nitrogens with zero attached hydrogens (tertiary/aromatic N) is 1. The van der Waals surface area contributed by atoms with E-state index >= 15 is 0 Å². The molecule has 0 aliphatic rings. The summed E-state index contributed by atoms with van der Waals surface area (Å²) in [5.74, 6) is -0.973. The first kappa shape index (κ1) is 15.6. The fourth-order valence-corrected chi connectivity index (χ4v) is 1.81. The van der Waals surface area contributed by atoms with E-state index < -0.39 is 11.9 Å². The van der Waals surface area contributed by atoms with Crippen molar-refractivity contribution in [2.24, 2.45) is 0 Å². The molecule has 1 N–H and O–H groups in total. The third-order valence-electron chi connectivity index (χ3n) is 2.97. The highest BCUT2D eigenvalue weighted by Gasteiger charge is 2.24. The molecular weight excluding hydrogens is 262 g/mol. The van der Waals surface area contributed by atoms with Crippen LogP contribution in [0.15, 0.2) is 18.2 Å². The molecular formula is C14H15NO5. The van der Waals surface area contributed by atoms with Crippen molar-refractivity contribution < 1.29 is 24.3 Å². The van der Waals surface area contributed by atoms with Crippen LogP contribution in [-0.4, -0.2) is 47.9 Å². The molecule has 0 saturated heterocycles. The molecule has 0 spiro atoms. The van der Waals surface area contributed by atoms with E-state index in [9.17, 15) is 24.3 Å². The molecule has 0 radical (unpaired) electrons. The molecule has 1 atom stereocenters. The predicted molar refractivity (Wildman–Crippen MR) is 70.7 cm³/mol. The molecule has 1 aromatic rings. The zero-order chi connectivity index (χ0) is 15.1. The summed E-state index contributed by atoms with van der Waals surface area (Å²) in [6, 6.07) is 3.34. The number of aldehydes is 3. The molecule has 0 saturated carbocycles. The summed E-state index contributed by atoms with van der Waals surface area (Å²) in [7, 11) is 1.38. The van der Waals surface area contributed by atoms with Gasteiger partial charge in [-0.3, -0.25) is 9.59 Å². The number of carbonyl (C=O) groups excluding carboxylic acids is 4. The molecule has 1 unspecified atom stereocenters. The second-order valence-electron chi connectivity index (χ2n) is 4.22. The lowest BCUT2D eigenvalue weighted by Gasteiger charge is -2.24. The zero-order valence-corrected chi connectivity index (χ0v) is 11.0. The van der Waals surface area contributed by atoms with Gasteiger partial charge in [-0.25, -0.2) is 0 Å². The molecule has 0 aromatic heterocycles. The summed E-state index contributed by atoms with van der Waals surface area (Å²) in [4.78, 5) is 45.6. The van der Waals surface area contributed by atoms with E-state index in [1.54, 1.807) is 0 Å². The van der Waals surface area contributed by atoms with Crippen molar-refractivity contribution in [3.8, 4) is 5.75 Å². The first-order valence-corrected chi connectivity index (χ1v) is 6.00. The number of amides is 1. The number of phenols is 1. The highest BCUT2D eigenvalue weighted by atomic mass is 16.3. The van der Waals surface area contributed by atoms with Crippen molar-refractivity contribution in [3.05, 3.63) is 29.3 Å². The number of phenolic OH excluding ortho intramolecular Hbond substituents is 1. The number of likely N-dealkylation sites (N-methyl/N-ethyl adjacent to an activating group) is 1. The van der Waals surface area contributed by atoms with Crippen molar-refractivity contribution in [1.82, 2.24) is 4.90 Å². The van der Waals surface area contributed by atoms with Gasteiger partial charge in [0.1, 0.15) is 18.3 Å². The minimum Gasteiger partial charge on any atom is -0.507 e. The van der Waals surface area contributed by atoms with E-state index in [1.807, 2.05) is 0 Å². The Kier molecular flexibility index (Phi) is 5.58. The minimum absolute atomic E-state index is 0.0434. The molecule has 6 nitrogen and oxygen atoms in total. The molecule has 1 amide bonds. The van der Waals surface area contributed by atoms with Crippen LogP contribution in [0.2, 0.25) is 0 Å². The Hall–Kier alpha value is -2.50. The molecule has 0 heterocycles. The van der Waals surface area contributed by atoms with Crippen molar-refractivity contribution in [3.63, 3.8) is 0 Å². The number of hydrogen-bond acceptors (Lipinski definition) is 5. The van der Waals surface area contributed by atoms with Gasteiger partial charge in [-0.05, 0) is 12.5 Å². The molecule has 106 valence electrons. The van der Waals surface area contributed by atoms with Gasteiger partial charge in [0.2, 0.25) is 0 Å². The normalized spacial score (nSPS) is 11.4. The lowest BCUT2D eigenvalue weighted by molar-refractivity contribution is -0.112. The van der Waals surface area contributed by atoms with E-state index in [1.165, 1.54) is 25.2 Å². The van der Waals surface area contributed by atoms with E-state index in [0.29, 0.717) is 18.9 Å². The maximum absolute atomic E-state index is 12.3. The third-order valence-corrected chi connectivity index (χ3v) is 2.97. The minimum atomic E-state index is -0.785. The average molecular weight is 277 g/mol. The summed E-state index contributed by atoms with van der Waals surface area (Å²) in [6.45, 7) is 0. The Morgan fingerprint density at radius 2 is 2.05 bits per heavy atom. The van der Waals surface area contributed by atoms with Gasteiger partial charge >= 0.3 is 0 Å². The summed E-state index contributed by atoms with van der Waals surface area (Å²) < 4.78 is 0. The first-order valence-electron chi connectivity index (χ1n) is 6.00. The predicted octanol–water partition coefficient (Wildman–Crippen LogP) is 0.823. The lowest BCUT2D eigenvalue weighted by Crippen LogP contribution is -2.38. The van der Waals surface area contributed by atoms with Crippen LogP contribution in [0.5, 0.6) is 5.75 Å². The van der Waals surface area contributed by atoms with Crippen LogP contribution in [-0.2, 0) is 9.59 Å². The Morgan fingerprint density at radius 3 is 2.60 bits per heavy atom. The Balaban J connectivity index is 3.07. The molecule has 6 heteroatoms. The molecule has 1 aromatic carbocycles. The van der Waals surface area contributed by atoms with Crippen LogP contribution in [0.25, 0.3) is 0 Å². The number of hydrogen-bond donors (Lipinski definition) is 1. The molecule has 0 aliphatic carbocycles. The Morgan fingerprint density at radius 1 is 1.35 bits per heavy atom. The van der Waals surface area contributed by atoms with E-state index in [4.69, 9.17) is 0 Å². The Bertz CT molecular complexity index is 526. The van der Waals surface area contributed by atoms with Gasteiger partial charge in [-0.1, -0.05) is 12.1 Å². The van der Waals surface area contributed by atoms with Gasteiger partial charge in [0, 0.05) is 19.0 Å². The van der Waals surface area contributed by atoms with E-state index in [2.05, 4.69) is 0 Å². The van der Waals surface area contributed by atoms with Crippen LogP contribution in [0, 0.1) is 0 Å². The lowest BCUT2D eigenvalue weighted by atomic mass is 10.0. The highest BCUT2D eigenvalue weighted by molar-refractivity contribution is 6.04. The van der Waals surface area contributed by atoms with Gasteiger partial charge in [0.05, 0.1) is 11.6 Å². The Labute approximate surface area is 116 Å². The standard InChI is InChI=1S/C14H15NO5/c1-15(11(9-18)5-3-7-16)14(20)13-10(8-17)4-2-6-12(13)19/h2,4,6-9,11,19H,3,5H2,1H3. The van der Waals surface area contributed by atoms with Gasteiger partial charge in [-0.15, -0.1) is 0 Å². The van der Waals surface area contributed by atoms with Crippen LogP contribution in [0.1, 0.15) is 33.6 Å². The quantitative estimate of drug-likeness (QED) is 0.745. The van der Waals surface area contributed by atoms with Crippen LogP contribution >= 0.6 is 0 Å². The molecule has 1 rings (SSSR count). The van der Waals surface area contributed by atoms with E-state index in [0.717, 1.165) is 4.90 Å². The largest absolute Gasteiger partial charge is 0.507 e. The third kappa shape index (κ3) is 3.28. The van der Waals surface area contributed by atoms with Crippen molar-refractivity contribution in [2.75, 3.05) is 7.05 Å². The smallest absolute Gasteiger partial charge is 0.258 e. The zero-order valence-electron chi connectivity index (χ0n) is 11.0. The molecule has 0 fully saturated rings. The van der Waals surface area contributed by atoms with Gasteiger partial charge in [0.15, 0.2) is 6.29 Å².